The van der Waals surface area contributed by atoms with Crippen LogP contribution in [0.25, 0.3) is 0 Å². The van der Waals surface area contributed by atoms with Crippen molar-refractivity contribution in [3.63, 3.8) is 0 Å². The molecular formula is C27H27F3N2O5. The van der Waals surface area contributed by atoms with E-state index in [4.69, 9.17) is 9.47 Å². The summed E-state index contributed by atoms with van der Waals surface area (Å²) in [5.41, 5.74) is -4.52. The van der Waals surface area contributed by atoms with Crippen molar-refractivity contribution >= 4 is 17.6 Å². The van der Waals surface area contributed by atoms with Crippen LogP contribution in [0, 0.1) is 5.41 Å². The van der Waals surface area contributed by atoms with Gasteiger partial charge in [0.05, 0.1) is 26.3 Å². The fourth-order valence-corrected chi connectivity index (χ4v) is 4.98. The number of nitrogens with one attached hydrogen (secondary N) is 1. The largest absolute Gasteiger partial charge is 0.493 e. The fraction of sp³-hybridized carbons (Fsp3) is 0.370. The maximum atomic E-state index is 15.0. The van der Waals surface area contributed by atoms with E-state index in [-0.39, 0.29) is 42.1 Å². The van der Waals surface area contributed by atoms with Gasteiger partial charge in [-0.05, 0) is 35.6 Å². The number of carbonyl (C=O) groups excluding carboxylic acids is 3. The van der Waals surface area contributed by atoms with Crippen LogP contribution in [0.15, 0.2) is 59.8 Å². The van der Waals surface area contributed by atoms with Crippen molar-refractivity contribution in [3.05, 3.63) is 70.9 Å². The first-order valence-corrected chi connectivity index (χ1v) is 11.6. The summed E-state index contributed by atoms with van der Waals surface area (Å²) < 4.78 is 55.2. The second kappa shape index (κ2) is 9.24. The van der Waals surface area contributed by atoms with Crippen molar-refractivity contribution in [2.24, 2.45) is 5.41 Å². The summed E-state index contributed by atoms with van der Waals surface area (Å²) in [5.74, 6) is -3.02. The van der Waals surface area contributed by atoms with Crippen LogP contribution in [0.4, 0.5) is 13.2 Å². The van der Waals surface area contributed by atoms with E-state index in [0.29, 0.717) is 5.56 Å². The minimum atomic E-state index is -5.29. The minimum absolute atomic E-state index is 0.0139. The molecule has 1 N–H and O–H groups in total. The number of allylic oxidation sites excluding steroid dienone is 1. The number of rotatable bonds is 6. The van der Waals surface area contributed by atoms with Gasteiger partial charge in [-0.25, -0.2) is 0 Å². The van der Waals surface area contributed by atoms with E-state index >= 15 is 0 Å². The Balaban J connectivity index is 1.85. The smallest absolute Gasteiger partial charge is 0.425 e. The van der Waals surface area contributed by atoms with Gasteiger partial charge in [0.15, 0.2) is 17.3 Å². The normalized spacial score (nSPS) is 21.1. The zero-order valence-corrected chi connectivity index (χ0v) is 20.9. The van der Waals surface area contributed by atoms with Gasteiger partial charge in [0.25, 0.3) is 11.8 Å². The molecule has 4 rings (SSSR count). The van der Waals surface area contributed by atoms with Crippen LogP contribution in [-0.4, -0.2) is 48.4 Å². The Labute approximate surface area is 212 Å². The molecule has 2 aromatic carbocycles. The number of amides is 2. The summed E-state index contributed by atoms with van der Waals surface area (Å²) >= 11 is 0. The van der Waals surface area contributed by atoms with Crippen LogP contribution in [0.1, 0.15) is 42.6 Å². The Morgan fingerprint density at radius 2 is 1.65 bits per heavy atom. The second-order valence-corrected chi connectivity index (χ2v) is 9.91. The van der Waals surface area contributed by atoms with Crippen molar-refractivity contribution in [3.8, 4) is 11.5 Å². The molecule has 37 heavy (non-hydrogen) atoms. The highest BCUT2D eigenvalue weighted by molar-refractivity contribution is 6.14. The molecule has 2 amide bonds. The summed E-state index contributed by atoms with van der Waals surface area (Å²) in [6.07, 6.45) is -5.42. The number of carbonyl (C=O) groups is 3. The van der Waals surface area contributed by atoms with Crippen LogP contribution in [-0.2, 0) is 16.1 Å². The standard InChI is InChI=1S/C27H27F3N2O5/c1-25(2)13-18-22(19(33)14-25)26(27(28,29)30,24(35)32(18)15-16-8-6-5-7-9-16)31-23(34)17-10-11-20(36-3)21(12-17)37-4/h5-12H,13-15H2,1-4H3,(H,31,34)/t26-/m0/s1. The van der Waals surface area contributed by atoms with E-state index in [2.05, 4.69) is 0 Å². The van der Waals surface area contributed by atoms with Crippen LogP contribution >= 0.6 is 0 Å². The van der Waals surface area contributed by atoms with Crippen molar-refractivity contribution in [1.82, 2.24) is 10.2 Å². The highest BCUT2D eigenvalue weighted by Gasteiger charge is 2.71. The Kier molecular flexibility index (Phi) is 6.56. The molecule has 0 radical (unpaired) electrons. The number of halogens is 3. The number of ether oxygens (including phenoxy) is 2. The molecule has 196 valence electrons. The molecule has 0 saturated carbocycles. The number of methoxy groups -OCH3 is 2. The van der Waals surface area contributed by atoms with Crippen molar-refractivity contribution in [2.45, 2.75) is 44.9 Å². The van der Waals surface area contributed by atoms with Crippen LogP contribution in [0.3, 0.4) is 0 Å². The lowest BCUT2D eigenvalue weighted by molar-refractivity contribution is -0.190. The van der Waals surface area contributed by atoms with Crippen LogP contribution in [0.2, 0.25) is 0 Å². The number of benzene rings is 2. The quantitative estimate of drug-likeness (QED) is 0.615. The van der Waals surface area contributed by atoms with Gasteiger partial charge in [0.1, 0.15) is 0 Å². The summed E-state index contributed by atoms with van der Waals surface area (Å²) in [4.78, 5) is 41.2. The zero-order valence-electron chi connectivity index (χ0n) is 20.9. The summed E-state index contributed by atoms with van der Waals surface area (Å²) in [6.45, 7) is 3.34. The fourth-order valence-electron chi connectivity index (χ4n) is 4.98. The average molecular weight is 517 g/mol. The van der Waals surface area contributed by atoms with E-state index in [1.165, 1.54) is 32.4 Å². The molecule has 10 heteroatoms. The van der Waals surface area contributed by atoms with E-state index in [1.807, 2.05) is 5.32 Å². The number of ketones is 1. The van der Waals surface area contributed by atoms with Gasteiger partial charge in [0, 0.05) is 17.7 Å². The molecule has 7 nitrogen and oxygen atoms in total. The van der Waals surface area contributed by atoms with Crippen molar-refractivity contribution < 1.29 is 37.0 Å². The second-order valence-electron chi connectivity index (χ2n) is 9.91. The maximum Gasteiger partial charge on any atom is 0.425 e. The maximum absolute atomic E-state index is 15.0. The van der Waals surface area contributed by atoms with Gasteiger partial charge in [-0.1, -0.05) is 44.2 Å². The first kappa shape index (κ1) is 26.2. The molecule has 1 atom stereocenters. The molecule has 0 fully saturated rings. The molecule has 2 aliphatic rings. The molecule has 2 aromatic rings. The van der Waals surface area contributed by atoms with E-state index in [9.17, 15) is 27.6 Å². The molecule has 0 spiro atoms. The predicted octanol–water partition coefficient (Wildman–Crippen LogP) is 4.42. The molecule has 0 bridgehead atoms. The van der Waals surface area contributed by atoms with Crippen molar-refractivity contribution in [1.29, 1.82) is 0 Å². The zero-order chi connectivity index (χ0) is 27.2. The predicted molar refractivity (Wildman–Crippen MR) is 128 cm³/mol. The van der Waals surface area contributed by atoms with E-state index in [1.54, 1.807) is 44.2 Å². The van der Waals surface area contributed by atoms with Gasteiger partial charge < -0.3 is 19.7 Å². The van der Waals surface area contributed by atoms with Crippen LogP contribution in [0.5, 0.6) is 11.5 Å². The lowest BCUT2D eigenvalue weighted by Gasteiger charge is -2.35. The molecule has 0 unspecified atom stereocenters. The average Bonchev–Trinajstić information content (AvgIpc) is 3.06. The number of nitrogens with zero attached hydrogens (tertiary/aromatic N) is 1. The number of Topliss-reactive ketones (excluding diaryl/α,β-unsaturated/α-hetero) is 1. The highest BCUT2D eigenvalue weighted by atomic mass is 19.4. The number of hydrogen-bond acceptors (Lipinski definition) is 5. The monoisotopic (exact) mass is 516 g/mol. The summed E-state index contributed by atoms with van der Waals surface area (Å²) in [7, 11) is 2.69. The molecule has 0 saturated heterocycles. The summed E-state index contributed by atoms with van der Waals surface area (Å²) in [6, 6.07) is 12.3. The lowest BCUT2D eigenvalue weighted by Crippen LogP contribution is -2.66. The number of hydrogen-bond donors (Lipinski definition) is 1. The third kappa shape index (κ3) is 4.45. The Hall–Kier alpha value is -3.82. The van der Waals surface area contributed by atoms with Gasteiger partial charge in [-0.2, -0.15) is 13.2 Å². The first-order chi connectivity index (χ1) is 17.3. The Bertz CT molecular complexity index is 1290. The van der Waals surface area contributed by atoms with Gasteiger partial charge in [-0.3, -0.25) is 14.4 Å². The third-order valence-electron chi connectivity index (χ3n) is 6.67. The number of alkyl halides is 3. The summed E-state index contributed by atoms with van der Waals surface area (Å²) in [5, 5.41) is 1.93. The Morgan fingerprint density at radius 1 is 1.00 bits per heavy atom. The topological polar surface area (TPSA) is 84.9 Å². The SMILES string of the molecule is COc1ccc(C(=O)N[C@]2(C(F)(F)F)C(=O)N(Cc3ccccc3)C3=C2C(=O)CC(C)(C)C3)cc1OC. The highest BCUT2D eigenvalue weighted by Crippen LogP contribution is 2.52. The third-order valence-corrected chi connectivity index (χ3v) is 6.67. The molecule has 0 aromatic heterocycles. The minimum Gasteiger partial charge on any atom is -0.493 e. The first-order valence-electron chi connectivity index (χ1n) is 11.6. The van der Waals surface area contributed by atoms with E-state index < -0.39 is 40.3 Å². The van der Waals surface area contributed by atoms with Crippen LogP contribution < -0.4 is 14.8 Å². The molecule has 1 aliphatic carbocycles. The Morgan fingerprint density at radius 3 is 2.24 bits per heavy atom. The molecule has 1 heterocycles. The molecular weight excluding hydrogens is 489 g/mol. The lowest BCUT2D eigenvalue weighted by atomic mass is 9.72. The van der Waals surface area contributed by atoms with Crippen molar-refractivity contribution in [2.75, 3.05) is 14.2 Å². The van der Waals surface area contributed by atoms with Gasteiger partial charge in [-0.15, -0.1) is 0 Å². The van der Waals surface area contributed by atoms with Gasteiger partial charge in [0.2, 0.25) is 5.54 Å². The van der Waals surface area contributed by atoms with E-state index in [0.717, 1.165) is 4.90 Å². The molecule has 1 aliphatic heterocycles. The van der Waals surface area contributed by atoms with Gasteiger partial charge >= 0.3 is 6.18 Å².